The molecule has 11 heteroatoms. The number of halogens is 1. The fourth-order valence-electron chi connectivity index (χ4n) is 4.32. The van der Waals surface area contributed by atoms with Crippen LogP contribution >= 0.6 is 22.9 Å². The van der Waals surface area contributed by atoms with Crippen molar-refractivity contribution in [2.45, 2.75) is 32.7 Å². The Morgan fingerprint density at radius 2 is 1.90 bits per heavy atom. The maximum Gasteiger partial charge on any atom is 0.341 e. The van der Waals surface area contributed by atoms with Gasteiger partial charge in [-0.2, -0.15) is 0 Å². The van der Waals surface area contributed by atoms with Crippen LogP contribution in [0.5, 0.6) is 11.5 Å². The van der Waals surface area contributed by atoms with Gasteiger partial charge in [0, 0.05) is 0 Å². The third kappa shape index (κ3) is 5.62. The SMILES string of the molecule is COC(=O)C1=C(C)N=c2sc(=Cc3cc(Cl)c(OCC(=O)O)c(OC)c3)c(=O)n2C1c1ccc(C(C)C)cc1. The lowest BCUT2D eigenvalue weighted by atomic mass is 9.93. The first-order valence-electron chi connectivity index (χ1n) is 12.0. The van der Waals surface area contributed by atoms with Gasteiger partial charge in [0.1, 0.15) is 0 Å². The van der Waals surface area contributed by atoms with Crippen molar-refractivity contribution >= 4 is 41.0 Å². The lowest BCUT2D eigenvalue weighted by molar-refractivity contribution is -0.139. The van der Waals surface area contributed by atoms with E-state index >= 15 is 0 Å². The molecule has 204 valence electrons. The fourth-order valence-corrected chi connectivity index (χ4v) is 5.64. The summed E-state index contributed by atoms with van der Waals surface area (Å²) in [5, 5.41) is 9.05. The normalized spacial score (nSPS) is 15.2. The quantitative estimate of drug-likeness (QED) is 0.411. The van der Waals surface area contributed by atoms with E-state index in [1.54, 1.807) is 25.1 Å². The number of aliphatic carboxylic acids is 1. The van der Waals surface area contributed by atoms with Crippen molar-refractivity contribution in [1.82, 2.24) is 4.57 Å². The maximum atomic E-state index is 13.8. The molecule has 0 saturated carbocycles. The van der Waals surface area contributed by atoms with Crippen LogP contribution < -0.4 is 24.4 Å². The molecule has 0 radical (unpaired) electrons. The van der Waals surface area contributed by atoms with E-state index in [2.05, 4.69) is 18.8 Å². The van der Waals surface area contributed by atoms with Crippen molar-refractivity contribution in [2.24, 2.45) is 4.99 Å². The number of carboxylic acid groups (broad SMARTS) is 1. The first-order valence-corrected chi connectivity index (χ1v) is 13.2. The van der Waals surface area contributed by atoms with E-state index in [4.69, 9.17) is 30.9 Å². The maximum absolute atomic E-state index is 13.8. The van der Waals surface area contributed by atoms with Crippen LogP contribution in [0.1, 0.15) is 49.4 Å². The number of allylic oxidation sites excluding steroid dienone is 1. The fraction of sp³-hybridized carbons (Fsp3) is 0.286. The number of carbonyl (C=O) groups is 2. The van der Waals surface area contributed by atoms with Gasteiger partial charge in [-0.1, -0.05) is 61.1 Å². The van der Waals surface area contributed by atoms with Gasteiger partial charge in [0.05, 0.1) is 41.1 Å². The van der Waals surface area contributed by atoms with Crippen LogP contribution in [0.25, 0.3) is 6.08 Å². The van der Waals surface area contributed by atoms with Crippen LogP contribution in [0.15, 0.2) is 57.5 Å². The van der Waals surface area contributed by atoms with Gasteiger partial charge < -0.3 is 19.3 Å². The summed E-state index contributed by atoms with van der Waals surface area (Å²) in [6.45, 7) is 5.32. The van der Waals surface area contributed by atoms with Crippen molar-refractivity contribution < 1.29 is 28.9 Å². The third-order valence-corrected chi connectivity index (χ3v) is 7.50. The molecule has 1 aliphatic rings. The lowest BCUT2D eigenvalue weighted by Gasteiger charge is -2.24. The van der Waals surface area contributed by atoms with E-state index in [0.29, 0.717) is 32.1 Å². The van der Waals surface area contributed by atoms with E-state index in [9.17, 15) is 14.4 Å². The molecule has 0 bridgehead atoms. The Balaban J connectivity index is 1.88. The zero-order valence-electron chi connectivity index (χ0n) is 22.0. The molecular weight excluding hydrogens is 544 g/mol. The van der Waals surface area contributed by atoms with E-state index in [-0.39, 0.29) is 22.1 Å². The van der Waals surface area contributed by atoms with Crippen LogP contribution in [0.3, 0.4) is 0 Å². The average molecular weight is 571 g/mol. The average Bonchev–Trinajstić information content (AvgIpc) is 3.20. The molecule has 1 aromatic heterocycles. The number of fused-ring (bicyclic) bond motifs is 1. The zero-order valence-corrected chi connectivity index (χ0v) is 23.6. The van der Waals surface area contributed by atoms with Gasteiger partial charge in [-0.3, -0.25) is 9.36 Å². The Morgan fingerprint density at radius 1 is 1.21 bits per heavy atom. The molecule has 1 atom stereocenters. The predicted molar refractivity (Wildman–Crippen MR) is 147 cm³/mol. The molecule has 0 saturated heterocycles. The summed E-state index contributed by atoms with van der Waals surface area (Å²) in [6.07, 6.45) is 1.63. The van der Waals surface area contributed by atoms with Gasteiger partial charge in [0.15, 0.2) is 22.9 Å². The van der Waals surface area contributed by atoms with E-state index in [1.807, 2.05) is 24.3 Å². The molecule has 0 amide bonds. The smallest absolute Gasteiger partial charge is 0.341 e. The van der Waals surface area contributed by atoms with E-state index < -0.39 is 24.6 Å². The summed E-state index contributed by atoms with van der Waals surface area (Å²) in [6, 6.07) is 10.2. The number of carboxylic acids is 1. The molecule has 0 aliphatic carbocycles. The van der Waals surface area contributed by atoms with Gasteiger partial charge in [-0.05, 0) is 47.7 Å². The highest BCUT2D eigenvalue weighted by atomic mass is 35.5. The van der Waals surface area contributed by atoms with Gasteiger partial charge in [-0.25, -0.2) is 14.6 Å². The molecule has 1 aliphatic heterocycles. The molecule has 39 heavy (non-hydrogen) atoms. The molecular formula is C28H27ClN2O7S. The minimum atomic E-state index is -1.16. The van der Waals surface area contributed by atoms with Crippen LogP contribution in [0.2, 0.25) is 5.02 Å². The van der Waals surface area contributed by atoms with E-state index in [0.717, 1.165) is 11.1 Å². The number of thiazole rings is 1. The minimum Gasteiger partial charge on any atom is -0.493 e. The first kappa shape index (κ1) is 28.1. The highest BCUT2D eigenvalue weighted by molar-refractivity contribution is 7.07. The Morgan fingerprint density at radius 3 is 2.49 bits per heavy atom. The van der Waals surface area contributed by atoms with Crippen molar-refractivity contribution in [2.75, 3.05) is 20.8 Å². The monoisotopic (exact) mass is 570 g/mol. The van der Waals surface area contributed by atoms with Gasteiger partial charge in [-0.15, -0.1) is 0 Å². The predicted octanol–water partition coefficient (Wildman–Crippen LogP) is 3.66. The topological polar surface area (TPSA) is 116 Å². The second kappa shape index (κ2) is 11.5. The molecule has 2 heterocycles. The van der Waals surface area contributed by atoms with Crippen LogP contribution in [0, 0.1) is 0 Å². The molecule has 1 unspecified atom stereocenters. The summed E-state index contributed by atoms with van der Waals surface area (Å²) in [7, 11) is 2.70. The highest BCUT2D eigenvalue weighted by Crippen LogP contribution is 2.37. The van der Waals surface area contributed by atoms with Gasteiger partial charge in [0.2, 0.25) is 0 Å². The van der Waals surface area contributed by atoms with Crippen LogP contribution in [0.4, 0.5) is 0 Å². The minimum absolute atomic E-state index is 0.0864. The molecule has 9 nitrogen and oxygen atoms in total. The zero-order chi connectivity index (χ0) is 28.4. The van der Waals surface area contributed by atoms with Crippen molar-refractivity contribution in [1.29, 1.82) is 0 Å². The standard InChI is InChI=1S/C28H27ClN2O7S/c1-14(2)17-6-8-18(9-7-17)24-23(27(35)37-5)15(3)30-28-31(24)26(34)21(39-28)12-16-10-19(29)25(20(11-16)36-4)38-13-22(32)33/h6-12,14,24H,13H2,1-5H3,(H,32,33). The first-order chi connectivity index (χ1) is 18.5. The second-order valence-electron chi connectivity index (χ2n) is 9.11. The molecule has 2 aromatic carbocycles. The number of hydrogen-bond acceptors (Lipinski definition) is 8. The number of nitrogens with zero attached hydrogens (tertiary/aromatic N) is 2. The Hall–Kier alpha value is -3.89. The molecule has 4 rings (SSSR count). The Labute approximate surface area is 233 Å². The number of methoxy groups -OCH3 is 2. The Kier molecular flexibility index (Phi) is 8.27. The molecule has 0 fully saturated rings. The Bertz CT molecular complexity index is 1650. The number of benzene rings is 2. The highest BCUT2D eigenvalue weighted by Gasteiger charge is 2.33. The van der Waals surface area contributed by atoms with Crippen LogP contribution in [-0.4, -0.2) is 42.4 Å². The summed E-state index contributed by atoms with van der Waals surface area (Å²) in [5.41, 5.74) is 2.84. The summed E-state index contributed by atoms with van der Waals surface area (Å²) >= 11 is 7.53. The molecule has 1 N–H and O–H groups in total. The summed E-state index contributed by atoms with van der Waals surface area (Å²) in [4.78, 5) is 42.5. The van der Waals surface area contributed by atoms with E-state index in [1.165, 1.54) is 30.1 Å². The number of hydrogen-bond donors (Lipinski definition) is 1. The summed E-state index contributed by atoms with van der Waals surface area (Å²) < 4.78 is 17.5. The van der Waals surface area contributed by atoms with Crippen molar-refractivity contribution in [3.63, 3.8) is 0 Å². The number of carbonyl (C=O) groups excluding carboxylic acids is 1. The van der Waals surface area contributed by atoms with Crippen molar-refractivity contribution in [3.8, 4) is 11.5 Å². The lowest BCUT2D eigenvalue weighted by Crippen LogP contribution is -2.39. The third-order valence-electron chi connectivity index (χ3n) is 6.24. The summed E-state index contributed by atoms with van der Waals surface area (Å²) in [5.74, 6) is -1.09. The number of rotatable bonds is 8. The largest absolute Gasteiger partial charge is 0.493 e. The van der Waals surface area contributed by atoms with Crippen molar-refractivity contribution in [3.05, 3.63) is 89.1 Å². The van der Waals surface area contributed by atoms with Gasteiger partial charge in [0.25, 0.3) is 5.56 Å². The van der Waals surface area contributed by atoms with Gasteiger partial charge >= 0.3 is 11.9 Å². The number of esters is 1. The number of aromatic nitrogens is 1. The molecule has 3 aromatic rings. The second-order valence-corrected chi connectivity index (χ2v) is 10.5. The van der Waals surface area contributed by atoms with Crippen LogP contribution in [-0.2, 0) is 14.3 Å². The molecule has 0 spiro atoms. The number of ether oxygens (including phenoxy) is 3.